The predicted octanol–water partition coefficient (Wildman–Crippen LogP) is 3.65. The lowest BCUT2D eigenvalue weighted by Crippen LogP contribution is -2.27. The number of rotatable bonds is 7. The maximum atomic E-state index is 12.5. The highest BCUT2D eigenvalue weighted by Crippen LogP contribution is 2.26. The van der Waals surface area contributed by atoms with Crippen LogP contribution in [0.4, 0.5) is 5.95 Å². The fourth-order valence-electron chi connectivity index (χ4n) is 2.29. The number of amides is 1. The summed E-state index contributed by atoms with van der Waals surface area (Å²) in [6.07, 6.45) is 5.49. The third-order valence-corrected chi connectivity index (χ3v) is 4.60. The van der Waals surface area contributed by atoms with E-state index in [1.54, 1.807) is 12.2 Å². The Labute approximate surface area is 147 Å². The number of allylic oxidation sites excluding steroid dienone is 2. The van der Waals surface area contributed by atoms with Crippen molar-refractivity contribution in [2.24, 2.45) is 4.99 Å². The van der Waals surface area contributed by atoms with Crippen LogP contribution in [-0.4, -0.2) is 34.7 Å². The van der Waals surface area contributed by atoms with Gasteiger partial charge in [0, 0.05) is 8.90 Å². The lowest BCUT2D eigenvalue weighted by atomic mass is 10.2. The SMILES string of the molecule is C=C/C=C(\N=C)C(C)Nc1nc(C(=O)NC2CC2)c2sccc2n1.[HH].[HH]. The van der Waals surface area contributed by atoms with E-state index >= 15 is 0 Å². The van der Waals surface area contributed by atoms with Gasteiger partial charge in [0.25, 0.3) is 5.91 Å². The molecule has 1 saturated carbocycles. The smallest absolute Gasteiger partial charge is 0.271 e. The fraction of sp³-hybridized carbons (Fsp3) is 0.294. The minimum absolute atomic E-state index is 0. The van der Waals surface area contributed by atoms with Gasteiger partial charge < -0.3 is 10.6 Å². The molecule has 1 unspecified atom stereocenters. The van der Waals surface area contributed by atoms with Crippen molar-refractivity contribution in [3.05, 3.63) is 41.6 Å². The average molecular weight is 345 g/mol. The minimum Gasteiger partial charge on any atom is -0.348 e. The third-order valence-electron chi connectivity index (χ3n) is 3.69. The fourth-order valence-corrected chi connectivity index (χ4v) is 3.10. The summed E-state index contributed by atoms with van der Waals surface area (Å²) in [5.41, 5.74) is 1.90. The van der Waals surface area contributed by atoms with Gasteiger partial charge in [-0.2, -0.15) is 0 Å². The van der Waals surface area contributed by atoms with Crippen LogP contribution in [0.1, 0.15) is 33.1 Å². The van der Waals surface area contributed by atoms with Gasteiger partial charge in [0.2, 0.25) is 5.95 Å². The molecule has 2 aromatic rings. The predicted molar refractivity (Wildman–Crippen MR) is 103 cm³/mol. The zero-order valence-electron chi connectivity index (χ0n) is 13.5. The number of aromatic nitrogens is 2. The maximum Gasteiger partial charge on any atom is 0.271 e. The third kappa shape index (κ3) is 3.51. The number of thiophene rings is 1. The Hall–Kier alpha value is -2.54. The molecule has 2 N–H and O–H groups in total. The summed E-state index contributed by atoms with van der Waals surface area (Å²) in [4.78, 5) is 25.4. The second kappa shape index (κ2) is 6.92. The van der Waals surface area contributed by atoms with E-state index in [9.17, 15) is 4.79 Å². The molecule has 1 atom stereocenters. The van der Waals surface area contributed by atoms with Crippen molar-refractivity contribution < 1.29 is 7.65 Å². The Morgan fingerprint density at radius 3 is 3.00 bits per heavy atom. The van der Waals surface area contributed by atoms with Gasteiger partial charge in [-0.05, 0) is 44.0 Å². The molecule has 2 aromatic heterocycles. The van der Waals surface area contributed by atoms with Gasteiger partial charge in [0.1, 0.15) is 0 Å². The van der Waals surface area contributed by atoms with E-state index in [1.807, 2.05) is 18.4 Å². The van der Waals surface area contributed by atoms with Crippen LogP contribution in [0.15, 0.2) is 40.9 Å². The first-order chi connectivity index (χ1) is 11.6. The summed E-state index contributed by atoms with van der Waals surface area (Å²) in [6, 6.07) is 2.01. The molecule has 7 heteroatoms. The van der Waals surface area contributed by atoms with Crippen LogP contribution >= 0.6 is 11.3 Å². The molecule has 128 valence electrons. The molecule has 1 aliphatic carbocycles. The molecule has 24 heavy (non-hydrogen) atoms. The van der Waals surface area contributed by atoms with Gasteiger partial charge in [-0.25, -0.2) is 9.97 Å². The van der Waals surface area contributed by atoms with Crippen LogP contribution in [0.25, 0.3) is 10.2 Å². The molecule has 0 bridgehead atoms. The Kier molecular flexibility index (Phi) is 4.71. The second-order valence-electron chi connectivity index (χ2n) is 5.63. The number of carbonyl (C=O) groups is 1. The number of fused-ring (bicyclic) bond motifs is 1. The monoisotopic (exact) mass is 345 g/mol. The van der Waals surface area contributed by atoms with Gasteiger partial charge in [-0.3, -0.25) is 9.79 Å². The molecule has 0 radical (unpaired) electrons. The second-order valence-corrected chi connectivity index (χ2v) is 6.55. The van der Waals surface area contributed by atoms with E-state index in [0.717, 1.165) is 28.8 Å². The topological polar surface area (TPSA) is 79.3 Å². The maximum absolute atomic E-state index is 12.5. The van der Waals surface area contributed by atoms with Gasteiger partial charge in [-0.15, -0.1) is 11.3 Å². The summed E-state index contributed by atoms with van der Waals surface area (Å²) >= 11 is 1.47. The molecular formula is C17H23N5OS. The summed E-state index contributed by atoms with van der Waals surface area (Å²) in [7, 11) is 0. The van der Waals surface area contributed by atoms with E-state index in [2.05, 4.69) is 38.9 Å². The molecule has 0 aromatic carbocycles. The van der Waals surface area contributed by atoms with Crippen LogP contribution in [0.2, 0.25) is 0 Å². The summed E-state index contributed by atoms with van der Waals surface area (Å²) in [5.74, 6) is 0.250. The molecule has 0 spiro atoms. The average Bonchev–Trinajstić information content (AvgIpc) is 3.25. The first-order valence-corrected chi connectivity index (χ1v) is 8.62. The molecule has 1 aliphatic rings. The normalized spacial score (nSPS) is 15.8. The van der Waals surface area contributed by atoms with Crippen molar-refractivity contribution in [2.45, 2.75) is 31.8 Å². The molecule has 6 nitrogen and oxygen atoms in total. The number of hydrogen-bond donors (Lipinski definition) is 2. The summed E-state index contributed by atoms with van der Waals surface area (Å²) < 4.78 is 0.801. The summed E-state index contributed by atoms with van der Waals surface area (Å²) in [5, 5.41) is 8.07. The van der Waals surface area contributed by atoms with Crippen molar-refractivity contribution in [3.63, 3.8) is 0 Å². The zero-order valence-corrected chi connectivity index (χ0v) is 14.3. The molecule has 2 heterocycles. The van der Waals surface area contributed by atoms with Crippen LogP contribution in [0.3, 0.4) is 0 Å². The largest absolute Gasteiger partial charge is 0.348 e. The van der Waals surface area contributed by atoms with Crippen LogP contribution < -0.4 is 10.6 Å². The van der Waals surface area contributed by atoms with Gasteiger partial charge >= 0.3 is 0 Å². The van der Waals surface area contributed by atoms with Crippen molar-refractivity contribution in [1.82, 2.24) is 15.3 Å². The lowest BCUT2D eigenvalue weighted by Gasteiger charge is -2.15. The highest BCUT2D eigenvalue weighted by molar-refractivity contribution is 7.17. The molecule has 0 aliphatic heterocycles. The van der Waals surface area contributed by atoms with Crippen molar-refractivity contribution in [3.8, 4) is 0 Å². The number of hydrogen-bond acceptors (Lipinski definition) is 6. The molecular weight excluding hydrogens is 322 g/mol. The molecule has 1 amide bonds. The van der Waals surface area contributed by atoms with E-state index < -0.39 is 0 Å². The number of nitrogens with one attached hydrogen (secondary N) is 2. The first-order valence-electron chi connectivity index (χ1n) is 7.74. The van der Waals surface area contributed by atoms with Crippen LogP contribution in [0, 0.1) is 0 Å². The number of aliphatic imine (C=N–C) groups is 1. The number of carbonyl (C=O) groups excluding carboxylic acids is 1. The number of anilines is 1. The van der Waals surface area contributed by atoms with Crippen molar-refractivity contribution >= 4 is 40.1 Å². The molecule has 3 rings (SSSR count). The van der Waals surface area contributed by atoms with Crippen molar-refractivity contribution in [1.29, 1.82) is 0 Å². The zero-order chi connectivity index (χ0) is 17.1. The highest BCUT2D eigenvalue weighted by atomic mass is 32.1. The Bertz CT molecular complexity index is 832. The van der Waals surface area contributed by atoms with E-state index in [-0.39, 0.29) is 20.8 Å². The van der Waals surface area contributed by atoms with Crippen molar-refractivity contribution in [2.75, 3.05) is 5.32 Å². The van der Waals surface area contributed by atoms with Gasteiger partial charge in [0.05, 0.1) is 22.0 Å². The van der Waals surface area contributed by atoms with Gasteiger partial charge in [0.15, 0.2) is 5.69 Å². The summed E-state index contributed by atoms with van der Waals surface area (Å²) in [6.45, 7) is 9.15. The standard InChI is InChI=1S/C17H19N5OS.2H2/c1-4-5-12(18-3)10(2)19-17-21-13-8-9-24-15(13)14(22-17)16(23)20-11-6-7-11;;/h4-5,8-11H,1,3,6-7H2,2H3,(H,20,23)(H,19,21,22);2*1H/b12-5-;;. The quantitative estimate of drug-likeness (QED) is 0.593. The Morgan fingerprint density at radius 2 is 2.33 bits per heavy atom. The number of nitrogens with zero attached hydrogens (tertiary/aromatic N) is 3. The molecule has 0 saturated heterocycles. The van der Waals surface area contributed by atoms with E-state index in [4.69, 9.17) is 0 Å². The highest BCUT2D eigenvalue weighted by Gasteiger charge is 2.26. The van der Waals surface area contributed by atoms with E-state index in [0.29, 0.717) is 11.6 Å². The lowest BCUT2D eigenvalue weighted by molar-refractivity contribution is 0.0948. The van der Waals surface area contributed by atoms with Crippen LogP contribution in [-0.2, 0) is 0 Å². The van der Waals surface area contributed by atoms with E-state index in [1.165, 1.54) is 11.3 Å². The van der Waals surface area contributed by atoms with Crippen LogP contribution in [0.5, 0.6) is 0 Å². The molecule has 1 fully saturated rings. The minimum atomic E-state index is -0.157. The van der Waals surface area contributed by atoms with Gasteiger partial charge in [-0.1, -0.05) is 12.7 Å². The Morgan fingerprint density at radius 1 is 1.54 bits per heavy atom. The Balaban J connectivity index is 0.00000169. The first kappa shape index (κ1) is 16.3.